The number of unbranched alkanes of at least 4 members (excludes halogenated alkanes) is 1. The maximum absolute atomic E-state index is 11.7. The van der Waals surface area contributed by atoms with Gasteiger partial charge in [-0.15, -0.1) is 11.6 Å². The number of anilines is 1. The lowest BCUT2D eigenvalue weighted by atomic mass is 9.89. The Bertz CT molecular complexity index is 500. The number of hydrogen-bond donors (Lipinski definition) is 0. The van der Waals surface area contributed by atoms with Gasteiger partial charge in [0.25, 0.3) is 0 Å². The summed E-state index contributed by atoms with van der Waals surface area (Å²) < 4.78 is 0. The second-order valence-corrected chi connectivity index (χ2v) is 6.52. The van der Waals surface area contributed by atoms with E-state index >= 15 is 0 Å². The third-order valence-corrected chi connectivity index (χ3v) is 5.24. The summed E-state index contributed by atoms with van der Waals surface area (Å²) in [4.78, 5) is 13.5. The predicted octanol–water partition coefficient (Wildman–Crippen LogP) is 5.09. The lowest BCUT2D eigenvalue weighted by molar-refractivity contribution is -0.118. The van der Waals surface area contributed by atoms with E-state index in [-0.39, 0.29) is 11.3 Å². The van der Waals surface area contributed by atoms with E-state index in [0.29, 0.717) is 12.3 Å². The van der Waals surface area contributed by atoms with Gasteiger partial charge in [0.2, 0.25) is 5.91 Å². The molecule has 0 radical (unpaired) electrons. The Labute approximate surface area is 133 Å². The van der Waals surface area contributed by atoms with Crippen molar-refractivity contribution in [1.82, 2.24) is 0 Å². The van der Waals surface area contributed by atoms with Crippen LogP contribution in [0.15, 0.2) is 18.2 Å². The molecule has 2 unspecified atom stereocenters. The monoisotopic (exact) mass is 307 g/mol. The van der Waals surface area contributed by atoms with Crippen molar-refractivity contribution in [2.45, 2.75) is 57.7 Å². The Balaban J connectivity index is 2.19. The Morgan fingerprint density at radius 3 is 2.71 bits per heavy atom. The van der Waals surface area contributed by atoms with Gasteiger partial charge >= 0.3 is 0 Å². The minimum atomic E-state index is 0.0785. The van der Waals surface area contributed by atoms with Crippen LogP contribution in [0.25, 0.3) is 0 Å². The third kappa shape index (κ3) is 3.60. The molecule has 0 aromatic heterocycles. The van der Waals surface area contributed by atoms with Gasteiger partial charge in [-0.2, -0.15) is 0 Å². The topological polar surface area (TPSA) is 20.3 Å². The summed E-state index contributed by atoms with van der Waals surface area (Å²) in [6.45, 7) is 4.45. The number of fused-ring (bicyclic) bond motifs is 1. The quantitative estimate of drug-likeness (QED) is 0.670. The molecule has 2 rings (SSSR count). The molecule has 3 heteroatoms. The van der Waals surface area contributed by atoms with Gasteiger partial charge in [0.05, 0.1) is 5.38 Å². The summed E-state index contributed by atoms with van der Waals surface area (Å²) in [5.41, 5.74) is 3.51. The van der Waals surface area contributed by atoms with Gasteiger partial charge in [0.1, 0.15) is 0 Å². The second kappa shape index (κ2) is 7.31. The van der Waals surface area contributed by atoms with Crippen LogP contribution in [0.2, 0.25) is 0 Å². The molecule has 0 spiro atoms. The van der Waals surface area contributed by atoms with Crippen molar-refractivity contribution >= 4 is 23.2 Å². The van der Waals surface area contributed by atoms with Crippen LogP contribution in [0, 0.1) is 5.92 Å². The first kappa shape index (κ1) is 16.4. The maximum atomic E-state index is 11.7. The van der Waals surface area contributed by atoms with E-state index in [1.807, 2.05) is 7.05 Å². The molecule has 0 fully saturated rings. The number of rotatable bonds is 6. The van der Waals surface area contributed by atoms with Crippen LogP contribution in [-0.2, 0) is 11.2 Å². The third-order valence-electron chi connectivity index (χ3n) is 4.63. The normalized spacial score (nSPS) is 17.5. The first-order valence-electron chi connectivity index (χ1n) is 8.11. The molecule has 1 aliphatic rings. The van der Waals surface area contributed by atoms with Crippen molar-refractivity contribution in [3.8, 4) is 0 Å². The fourth-order valence-electron chi connectivity index (χ4n) is 3.14. The molecule has 1 aromatic rings. The van der Waals surface area contributed by atoms with Gasteiger partial charge in [-0.25, -0.2) is 0 Å². The van der Waals surface area contributed by atoms with Gasteiger partial charge in [-0.3, -0.25) is 4.79 Å². The average Bonchev–Trinajstić information content (AvgIpc) is 2.51. The zero-order valence-electron chi connectivity index (χ0n) is 13.4. The molecule has 1 heterocycles. The van der Waals surface area contributed by atoms with E-state index in [1.165, 1.54) is 30.4 Å². The molecule has 1 aliphatic heterocycles. The highest BCUT2D eigenvalue weighted by atomic mass is 35.5. The van der Waals surface area contributed by atoms with E-state index in [9.17, 15) is 4.79 Å². The minimum absolute atomic E-state index is 0.0785. The number of hydrogen-bond acceptors (Lipinski definition) is 1. The van der Waals surface area contributed by atoms with E-state index in [4.69, 9.17) is 11.6 Å². The van der Waals surface area contributed by atoms with Crippen molar-refractivity contribution in [1.29, 1.82) is 0 Å². The largest absolute Gasteiger partial charge is 0.315 e. The zero-order chi connectivity index (χ0) is 15.4. The summed E-state index contributed by atoms with van der Waals surface area (Å²) in [6.07, 6.45) is 6.20. The van der Waals surface area contributed by atoms with Gasteiger partial charge in [0, 0.05) is 19.2 Å². The molecule has 1 amide bonds. The summed E-state index contributed by atoms with van der Waals surface area (Å²) in [5, 5.41) is 0.0785. The van der Waals surface area contributed by atoms with E-state index in [1.54, 1.807) is 4.90 Å². The van der Waals surface area contributed by atoms with Crippen LogP contribution in [0.5, 0.6) is 0 Å². The smallest absolute Gasteiger partial charge is 0.227 e. The number of carbonyl (C=O) groups excluding carboxylic acids is 1. The SMILES string of the molecule is CCCCC(CC)C(Cl)c1ccc2c(c1)CCC(=O)N2C. The molecule has 0 N–H and O–H groups in total. The number of amides is 1. The van der Waals surface area contributed by atoms with Crippen LogP contribution in [0.3, 0.4) is 0 Å². The van der Waals surface area contributed by atoms with Crippen molar-refractivity contribution < 1.29 is 4.79 Å². The molecule has 2 atom stereocenters. The maximum Gasteiger partial charge on any atom is 0.227 e. The van der Waals surface area contributed by atoms with E-state index in [2.05, 4.69) is 32.0 Å². The predicted molar refractivity (Wildman–Crippen MR) is 90.1 cm³/mol. The molecule has 2 nitrogen and oxygen atoms in total. The minimum Gasteiger partial charge on any atom is -0.315 e. The summed E-state index contributed by atoms with van der Waals surface area (Å²) in [7, 11) is 1.86. The number of benzene rings is 1. The molecule has 116 valence electrons. The molecular formula is C18H26ClNO. The Kier molecular flexibility index (Phi) is 5.69. The van der Waals surface area contributed by atoms with Crippen LogP contribution >= 0.6 is 11.6 Å². The van der Waals surface area contributed by atoms with E-state index in [0.717, 1.165) is 18.5 Å². The van der Waals surface area contributed by atoms with Crippen molar-refractivity contribution in [3.05, 3.63) is 29.3 Å². The summed E-state index contributed by atoms with van der Waals surface area (Å²) in [6, 6.07) is 6.37. The van der Waals surface area contributed by atoms with Gasteiger partial charge in [-0.05, 0) is 36.0 Å². The molecule has 1 aromatic carbocycles. The van der Waals surface area contributed by atoms with Gasteiger partial charge in [0.15, 0.2) is 0 Å². The van der Waals surface area contributed by atoms with Gasteiger partial charge in [-0.1, -0.05) is 45.2 Å². The average molecular weight is 308 g/mol. The van der Waals surface area contributed by atoms with Crippen molar-refractivity contribution in [2.75, 3.05) is 11.9 Å². The fourth-order valence-corrected chi connectivity index (χ4v) is 3.58. The first-order chi connectivity index (χ1) is 10.1. The van der Waals surface area contributed by atoms with Crippen LogP contribution < -0.4 is 4.90 Å². The van der Waals surface area contributed by atoms with Crippen LogP contribution in [0.4, 0.5) is 5.69 Å². The Morgan fingerprint density at radius 2 is 2.05 bits per heavy atom. The molecule has 0 saturated heterocycles. The number of alkyl halides is 1. The van der Waals surface area contributed by atoms with Crippen LogP contribution in [0.1, 0.15) is 62.5 Å². The molecule has 0 saturated carbocycles. The van der Waals surface area contributed by atoms with E-state index < -0.39 is 0 Å². The summed E-state index contributed by atoms with van der Waals surface area (Å²) in [5.74, 6) is 0.736. The highest BCUT2D eigenvalue weighted by Crippen LogP contribution is 2.37. The Morgan fingerprint density at radius 1 is 1.29 bits per heavy atom. The van der Waals surface area contributed by atoms with Gasteiger partial charge < -0.3 is 4.90 Å². The number of carbonyl (C=O) groups is 1. The number of nitrogens with zero attached hydrogens (tertiary/aromatic N) is 1. The first-order valence-corrected chi connectivity index (χ1v) is 8.55. The number of halogens is 1. The van der Waals surface area contributed by atoms with Crippen LogP contribution in [-0.4, -0.2) is 13.0 Å². The molecule has 21 heavy (non-hydrogen) atoms. The van der Waals surface area contributed by atoms with Crippen molar-refractivity contribution in [2.24, 2.45) is 5.92 Å². The standard InChI is InChI=1S/C18H26ClNO/c1-4-6-7-13(5-2)18(19)15-8-10-16-14(12-15)9-11-17(21)20(16)3/h8,10,12-13,18H,4-7,9,11H2,1-3H3. The highest BCUT2D eigenvalue weighted by molar-refractivity contribution is 6.21. The van der Waals surface area contributed by atoms with Crippen molar-refractivity contribution in [3.63, 3.8) is 0 Å². The lowest BCUT2D eigenvalue weighted by Gasteiger charge is -2.28. The summed E-state index contributed by atoms with van der Waals surface area (Å²) >= 11 is 6.74. The second-order valence-electron chi connectivity index (χ2n) is 6.05. The lowest BCUT2D eigenvalue weighted by Crippen LogP contribution is -2.31. The molecule has 0 bridgehead atoms. The highest BCUT2D eigenvalue weighted by Gasteiger charge is 2.24. The zero-order valence-corrected chi connectivity index (χ0v) is 14.1. The fraction of sp³-hybridized carbons (Fsp3) is 0.611. The molecular weight excluding hydrogens is 282 g/mol. The Hall–Kier alpha value is -1.02. The molecule has 0 aliphatic carbocycles. The number of aryl methyl sites for hydroxylation is 1.